The van der Waals surface area contributed by atoms with E-state index >= 15 is 0 Å². The van der Waals surface area contributed by atoms with Crippen LogP contribution in [0.15, 0.2) is 24.3 Å². The lowest BCUT2D eigenvalue weighted by Crippen LogP contribution is -2.28. The van der Waals surface area contributed by atoms with E-state index in [1.165, 1.54) is 0 Å². The number of nitrogens with one attached hydrogen (secondary N) is 1. The average molecular weight is 214 g/mol. The lowest BCUT2D eigenvalue weighted by atomic mass is 10.2. The van der Waals surface area contributed by atoms with E-state index in [0.29, 0.717) is 18.2 Å². The van der Waals surface area contributed by atoms with Crippen LogP contribution in [0.1, 0.15) is 5.56 Å². The maximum atomic E-state index is 11.1. The highest BCUT2D eigenvalue weighted by molar-refractivity contribution is 6.18. The predicted octanol–water partition coefficient (Wildman–Crippen LogP) is 2.32. The molecular weight excluding hydrogens is 202 g/mol. The van der Waals surface area contributed by atoms with Gasteiger partial charge in [0, 0.05) is 12.4 Å². The molecule has 1 rings (SSSR count). The van der Waals surface area contributed by atoms with Gasteiger partial charge in [-0.1, -0.05) is 12.1 Å². The molecule has 0 unspecified atom stereocenters. The minimum absolute atomic E-state index is 0.378. The van der Waals surface area contributed by atoms with Crippen molar-refractivity contribution in [3.63, 3.8) is 0 Å². The Morgan fingerprint density at radius 1 is 1.57 bits per heavy atom. The zero-order valence-corrected chi connectivity index (χ0v) is 8.67. The zero-order chi connectivity index (χ0) is 10.4. The monoisotopic (exact) mass is 213 g/mol. The van der Waals surface area contributed by atoms with Gasteiger partial charge in [-0.25, -0.2) is 4.79 Å². The van der Waals surface area contributed by atoms with Gasteiger partial charge in [-0.3, -0.25) is 0 Å². The first kappa shape index (κ1) is 10.9. The minimum Gasteiger partial charge on any atom is -0.410 e. The minimum atomic E-state index is -0.476. The van der Waals surface area contributed by atoms with Crippen LogP contribution >= 0.6 is 11.6 Å². The summed E-state index contributed by atoms with van der Waals surface area (Å²) < 4.78 is 4.99. The van der Waals surface area contributed by atoms with Crippen molar-refractivity contribution in [3.05, 3.63) is 29.8 Å². The summed E-state index contributed by atoms with van der Waals surface area (Å²) in [6.45, 7) is 2.34. The number of rotatable bonds is 3. The van der Waals surface area contributed by atoms with Crippen LogP contribution in [0.5, 0.6) is 5.75 Å². The number of carbonyl (C=O) groups excluding carboxylic acids is 1. The molecule has 76 valence electrons. The van der Waals surface area contributed by atoms with Crippen molar-refractivity contribution in [2.75, 3.05) is 12.4 Å². The van der Waals surface area contributed by atoms with E-state index in [1.54, 1.807) is 12.1 Å². The fourth-order valence-electron chi connectivity index (χ4n) is 0.971. The molecule has 0 saturated heterocycles. The Bertz CT molecular complexity index is 315. The third-order valence-electron chi connectivity index (χ3n) is 1.56. The van der Waals surface area contributed by atoms with Gasteiger partial charge in [-0.15, -0.1) is 11.6 Å². The Morgan fingerprint density at radius 3 is 3.00 bits per heavy atom. The van der Waals surface area contributed by atoms with Crippen molar-refractivity contribution in [1.29, 1.82) is 0 Å². The lowest BCUT2D eigenvalue weighted by Gasteiger charge is -2.05. The van der Waals surface area contributed by atoms with Crippen LogP contribution in [-0.4, -0.2) is 18.5 Å². The van der Waals surface area contributed by atoms with Gasteiger partial charge in [0.15, 0.2) is 0 Å². The number of ether oxygens (including phenoxy) is 1. The molecule has 0 aromatic heterocycles. The van der Waals surface area contributed by atoms with Gasteiger partial charge in [0.25, 0.3) is 0 Å². The Morgan fingerprint density at radius 2 is 2.36 bits per heavy atom. The quantitative estimate of drug-likeness (QED) is 0.783. The van der Waals surface area contributed by atoms with Gasteiger partial charge in [-0.2, -0.15) is 0 Å². The predicted molar refractivity (Wildman–Crippen MR) is 55.9 cm³/mol. The number of halogens is 1. The summed E-state index contributed by atoms with van der Waals surface area (Å²) in [5.74, 6) is 0.917. The molecule has 0 spiro atoms. The smallest absolute Gasteiger partial charge is 0.410 e. The average Bonchev–Trinajstić information content (AvgIpc) is 2.15. The van der Waals surface area contributed by atoms with E-state index in [9.17, 15) is 4.79 Å². The van der Waals surface area contributed by atoms with Crippen molar-refractivity contribution in [1.82, 2.24) is 5.32 Å². The van der Waals surface area contributed by atoms with Crippen molar-refractivity contribution in [3.8, 4) is 5.75 Å². The summed E-state index contributed by atoms with van der Waals surface area (Å²) in [5.41, 5.74) is 1.05. The SMILES string of the molecule is Cc1cccc(OC(=O)NCCCl)c1. The summed E-state index contributed by atoms with van der Waals surface area (Å²) in [4.78, 5) is 11.1. The fourth-order valence-corrected chi connectivity index (χ4v) is 1.07. The molecule has 0 heterocycles. The second-order valence-corrected chi connectivity index (χ2v) is 3.20. The van der Waals surface area contributed by atoms with Gasteiger partial charge < -0.3 is 10.1 Å². The molecule has 0 saturated carbocycles. The largest absolute Gasteiger partial charge is 0.412 e. The molecular formula is C10H12ClNO2. The van der Waals surface area contributed by atoms with Crippen molar-refractivity contribution < 1.29 is 9.53 Å². The summed E-state index contributed by atoms with van der Waals surface area (Å²) in [5, 5.41) is 2.51. The van der Waals surface area contributed by atoms with Crippen molar-refractivity contribution >= 4 is 17.7 Å². The third-order valence-corrected chi connectivity index (χ3v) is 1.75. The zero-order valence-electron chi connectivity index (χ0n) is 7.92. The van der Waals surface area contributed by atoms with Gasteiger partial charge in [0.2, 0.25) is 0 Å². The van der Waals surface area contributed by atoms with E-state index < -0.39 is 6.09 Å². The van der Waals surface area contributed by atoms with Crippen LogP contribution in [0.2, 0.25) is 0 Å². The van der Waals surface area contributed by atoms with Crippen LogP contribution in [-0.2, 0) is 0 Å². The first-order valence-corrected chi connectivity index (χ1v) is 4.84. The molecule has 0 atom stereocenters. The van der Waals surface area contributed by atoms with E-state index in [2.05, 4.69) is 5.32 Å². The second-order valence-electron chi connectivity index (χ2n) is 2.82. The number of aryl methyl sites for hydroxylation is 1. The topological polar surface area (TPSA) is 38.3 Å². The molecule has 1 aromatic rings. The second kappa shape index (κ2) is 5.50. The van der Waals surface area contributed by atoms with Gasteiger partial charge in [0.1, 0.15) is 5.75 Å². The van der Waals surface area contributed by atoms with E-state index in [1.807, 2.05) is 19.1 Å². The maximum absolute atomic E-state index is 11.1. The number of carbonyl (C=O) groups is 1. The number of benzene rings is 1. The van der Waals surface area contributed by atoms with Crippen LogP contribution < -0.4 is 10.1 Å². The molecule has 0 fully saturated rings. The number of alkyl halides is 1. The molecule has 1 amide bonds. The molecule has 0 aliphatic heterocycles. The van der Waals surface area contributed by atoms with E-state index in [-0.39, 0.29) is 0 Å². The van der Waals surface area contributed by atoms with Crippen LogP contribution in [0, 0.1) is 6.92 Å². The molecule has 14 heavy (non-hydrogen) atoms. The normalized spacial score (nSPS) is 9.57. The molecule has 1 N–H and O–H groups in total. The number of hydrogen-bond acceptors (Lipinski definition) is 2. The highest BCUT2D eigenvalue weighted by Gasteiger charge is 2.02. The Balaban J connectivity index is 2.47. The van der Waals surface area contributed by atoms with Gasteiger partial charge in [-0.05, 0) is 24.6 Å². The van der Waals surface area contributed by atoms with Crippen LogP contribution in [0.3, 0.4) is 0 Å². The highest BCUT2D eigenvalue weighted by Crippen LogP contribution is 2.12. The molecule has 0 aliphatic carbocycles. The molecule has 4 heteroatoms. The van der Waals surface area contributed by atoms with Crippen LogP contribution in [0.4, 0.5) is 4.79 Å². The van der Waals surface area contributed by atoms with Gasteiger partial charge >= 0.3 is 6.09 Å². The first-order valence-electron chi connectivity index (χ1n) is 4.30. The molecule has 3 nitrogen and oxygen atoms in total. The Hall–Kier alpha value is -1.22. The molecule has 0 bridgehead atoms. The van der Waals surface area contributed by atoms with Gasteiger partial charge in [0.05, 0.1) is 0 Å². The summed E-state index contributed by atoms with van der Waals surface area (Å²) in [7, 11) is 0. The standard InChI is InChI=1S/C10H12ClNO2/c1-8-3-2-4-9(7-8)14-10(13)12-6-5-11/h2-4,7H,5-6H2,1H3,(H,12,13). The summed E-state index contributed by atoms with van der Waals surface area (Å²) >= 11 is 5.40. The maximum Gasteiger partial charge on any atom is 0.412 e. The molecule has 0 radical (unpaired) electrons. The summed E-state index contributed by atoms with van der Waals surface area (Å²) in [6.07, 6.45) is -0.476. The van der Waals surface area contributed by atoms with E-state index in [0.717, 1.165) is 5.56 Å². The van der Waals surface area contributed by atoms with Crippen LogP contribution in [0.25, 0.3) is 0 Å². The Kier molecular flexibility index (Phi) is 4.26. The molecule has 0 aliphatic rings. The first-order chi connectivity index (χ1) is 6.72. The van der Waals surface area contributed by atoms with E-state index in [4.69, 9.17) is 16.3 Å². The number of amides is 1. The third kappa shape index (κ3) is 3.66. The fraction of sp³-hybridized carbons (Fsp3) is 0.300. The lowest BCUT2D eigenvalue weighted by molar-refractivity contribution is 0.201. The number of hydrogen-bond donors (Lipinski definition) is 1. The van der Waals surface area contributed by atoms with Crippen molar-refractivity contribution in [2.24, 2.45) is 0 Å². The molecule has 1 aromatic carbocycles. The van der Waals surface area contributed by atoms with Crippen molar-refractivity contribution in [2.45, 2.75) is 6.92 Å². The highest BCUT2D eigenvalue weighted by atomic mass is 35.5. The summed E-state index contributed by atoms with van der Waals surface area (Å²) in [6, 6.07) is 7.29. The Labute approximate surface area is 88.0 Å².